The minimum absolute atomic E-state index is 0.203. The molecule has 4 nitrogen and oxygen atoms in total. The van der Waals surface area contributed by atoms with Crippen molar-refractivity contribution in [2.24, 2.45) is 0 Å². The lowest BCUT2D eigenvalue weighted by Gasteiger charge is -2.14. The van der Waals surface area contributed by atoms with Crippen LogP contribution >= 0.6 is 0 Å². The topological polar surface area (TPSA) is 55.8 Å². The highest BCUT2D eigenvalue weighted by molar-refractivity contribution is 5.89. The van der Waals surface area contributed by atoms with Gasteiger partial charge in [-0.25, -0.2) is 4.79 Å². The maximum Gasteiger partial charge on any atom is 0.335 e. The summed E-state index contributed by atoms with van der Waals surface area (Å²) in [6, 6.07) is 3.15. The summed E-state index contributed by atoms with van der Waals surface area (Å²) in [6.07, 6.45) is 2.23. The predicted octanol–water partition coefficient (Wildman–Crippen LogP) is 2.67. The number of aromatic carboxylic acids is 1. The fourth-order valence-electron chi connectivity index (χ4n) is 1.94. The molecule has 1 aromatic carbocycles. The van der Waals surface area contributed by atoms with Crippen molar-refractivity contribution < 1.29 is 19.4 Å². The molecule has 0 saturated heterocycles. The van der Waals surface area contributed by atoms with Gasteiger partial charge in [0.05, 0.1) is 19.3 Å². The van der Waals surface area contributed by atoms with Crippen molar-refractivity contribution in [2.75, 3.05) is 13.7 Å². The van der Waals surface area contributed by atoms with Crippen LogP contribution in [0.1, 0.15) is 41.6 Å². The molecule has 0 aliphatic heterocycles. The molecule has 0 aromatic heterocycles. The number of carboxylic acid groups (broad SMARTS) is 1. The number of hydrogen-bond donors (Lipinski definition) is 1. The number of ether oxygens (including phenoxy) is 2. The summed E-state index contributed by atoms with van der Waals surface area (Å²) < 4.78 is 10.8. The van der Waals surface area contributed by atoms with Gasteiger partial charge in [-0.15, -0.1) is 0 Å². The molecule has 92 valence electrons. The van der Waals surface area contributed by atoms with Gasteiger partial charge in [-0.3, -0.25) is 0 Å². The first-order valence-corrected chi connectivity index (χ1v) is 5.75. The van der Waals surface area contributed by atoms with Crippen molar-refractivity contribution in [3.8, 4) is 11.5 Å². The lowest BCUT2D eigenvalue weighted by atomic mass is 10.0. The van der Waals surface area contributed by atoms with E-state index >= 15 is 0 Å². The summed E-state index contributed by atoms with van der Waals surface area (Å²) in [5.41, 5.74) is 1.22. The van der Waals surface area contributed by atoms with Crippen molar-refractivity contribution in [2.45, 2.75) is 25.7 Å². The summed E-state index contributed by atoms with van der Waals surface area (Å²) in [6.45, 7) is 2.41. The van der Waals surface area contributed by atoms with Crippen molar-refractivity contribution >= 4 is 5.97 Å². The Bertz CT molecular complexity index is 435. The van der Waals surface area contributed by atoms with Gasteiger partial charge in [-0.05, 0) is 37.8 Å². The number of methoxy groups -OCH3 is 1. The van der Waals surface area contributed by atoms with Crippen molar-refractivity contribution in [1.29, 1.82) is 0 Å². The van der Waals surface area contributed by atoms with Crippen LogP contribution in [-0.4, -0.2) is 24.8 Å². The highest BCUT2D eigenvalue weighted by atomic mass is 16.5. The number of benzene rings is 1. The van der Waals surface area contributed by atoms with Gasteiger partial charge in [0.15, 0.2) is 0 Å². The standard InChI is InChI=1S/C13H16O4/c1-3-17-11-7-9(13(14)15)6-10(16-2)12(11)8-4-5-8/h6-8H,3-5H2,1-2H3,(H,14,15). The second-order valence-corrected chi connectivity index (χ2v) is 4.10. The van der Waals surface area contributed by atoms with Crippen LogP contribution in [0.3, 0.4) is 0 Å². The summed E-state index contributed by atoms with van der Waals surface area (Å²) in [5.74, 6) is 0.753. The largest absolute Gasteiger partial charge is 0.496 e. The van der Waals surface area contributed by atoms with Crippen LogP contribution in [0, 0.1) is 0 Å². The zero-order chi connectivity index (χ0) is 12.4. The Morgan fingerprint density at radius 1 is 1.41 bits per heavy atom. The molecular formula is C13H16O4. The Hall–Kier alpha value is -1.71. The second kappa shape index (κ2) is 4.65. The lowest BCUT2D eigenvalue weighted by Crippen LogP contribution is -2.03. The zero-order valence-electron chi connectivity index (χ0n) is 10.0. The highest BCUT2D eigenvalue weighted by Gasteiger charge is 2.31. The lowest BCUT2D eigenvalue weighted by molar-refractivity contribution is 0.0696. The number of carboxylic acids is 1. The molecule has 4 heteroatoms. The second-order valence-electron chi connectivity index (χ2n) is 4.10. The molecule has 17 heavy (non-hydrogen) atoms. The van der Waals surface area contributed by atoms with E-state index < -0.39 is 5.97 Å². The smallest absolute Gasteiger partial charge is 0.335 e. The van der Waals surface area contributed by atoms with E-state index in [1.807, 2.05) is 6.92 Å². The van der Waals surface area contributed by atoms with Crippen LogP contribution < -0.4 is 9.47 Å². The van der Waals surface area contributed by atoms with Gasteiger partial charge in [0.25, 0.3) is 0 Å². The highest BCUT2D eigenvalue weighted by Crippen LogP contribution is 2.49. The van der Waals surface area contributed by atoms with Crippen LogP contribution in [0.25, 0.3) is 0 Å². The van der Waals surface area contributed by atoms with E-state index in [1.165, 1.54) is 0 Å². The summed E-state index contributed by atoms with van der Waals surface area (Å²) in [4.78, 5) is 11.0. The van der Waals surface area contributed by atoms with Crippen LogP contribution in [-0.2, 0) is 0 Å². The van der Waals surface area contributed by atoms with Crippen molar-refractivity contribution in [3.05, 3.63) is 23.3 Å². The van der Waals surface area contributed by atoms with Gasteiger partial charge in [-0.1, -0.05) is 0 Å². The maximum atomic E-state index is 11.0. The molecule has 0 amide bonds. The van der Waals surface area contributed by atoms with E-state index in [2.05, 4.69) is 0 Å². The van der Waals surface area contributed by atoms with Gasteiger partial charge in [0, 0.05) is 5.56 Å². The fraction of sp³-hybridized carbons (Fsp3) is 0.462. The van der Waals surface area contributed by atoms with Crippen molar-refractivity contribution in [3.63, 3.8) is 0 Å². The van der Waals surface area contributed by atoms with E-state index in [4.69, 9.17) is 14.6 Å². The minimum atomic E-state index is -0.966. The molecule has 0 unspecified atom stereocenters. The zero-order valence-corrected chi connectivity index (χ0v) is 10.0. The summed E-state index contributed by atoms with van der Waals surface area (Å²) in [7, 11) is 1.56. The maximum absolute atomic E-state index is 11.0. The van der Waals surface area contributed by atoms with Crippen LogP contribution in [0.5, 0.6) is 11.5 Å². The van der Waals surface area contributed by atoms with Crippen LogP contribution in [0.4, 0.5) is 0 Å². The third-order valence-electron chi connectivity index (χ3n) is 2.86. The third kappa shape index (κ3) is 2.35. The first-order chi connectivity index (χ1) is 8.17. The molecule has 1 saturated carbocycles. The number of carbonyl (C=O) groups is 1. The van der Waals surface area contributed by atoms with Gasteiger partial charge >= 0.3 is 5.97 Å². The average molecular weight is 236 g/mol. The minimum Gasteiger partial charge on any atom is -0.496 e. The van der Waals surface area contributed by atoms with Gasteiger partial charge < -0.3 is 14.6 Å². The molecule has 1 aromatic rings. The first kappa shape index (κ1) is 11.8. The normalized spacial score (nSPS) is 14.5. The molecule has 1 fully saturated rings. The van der Waals surface area contributed by atoms with E-state index in [0.717, 1.165) is 18.4 Å². The van der Waals surface area contributed by atoms with E-state index in [9.17, 15) is 4.79 Å². The molecule has 0 atom stereocenters. The Morgan fingerprint density at radius 2 is 2.06 bits per heavy atom. The van der Waals surface area contributed by atoms with Gasteiger partial charge in [-0.2, -0.15) is 0 Å². The Balaban J connectivity index is 2.50. The molecule has 0 spiro atoms. The molecule has 1 N–H and O–H groups in total. The fourth-order valence-corrected chi connectivity index (χ4v) is 1.94. The average Bonchev–Trinajstić information content (AvgIpc) is 3.12. The molecule has 2 rings (SSSR count). The molecule has 0 radical (unpaired) electrons. The van der Waals surface area contributed by atoms with E-state index in [0.29, 0.717) is 24.0 Å². The Kier molecular flexibility index (Phi) is 3.22. The molecule has 1 aliphatic carbocycles. The quantitative estimate of drug-likeness (QED) is 0.853. The van der Waals surface area contributed by atoms with Crippen LogP contribution in [0.15, 0.2) is 12.1 Å². The molecule has 0 heterocycles. The molecule has 0 bridgehead atoms. The van der Waals surface area contributed by atoms with Crippen LogP contribution in [0.2, 0.25) is 0 Å². The molecular weight excluding hydrogens is 220 g/mol. The number of rotatable bonds is 5. The summed E-state index contributed by atoms with van der Waals surface area (Å²) >= 11 is 0. The Morgan fingerprint density at radius 3 is 2.53 bits per heavy atom. The monoisotopic (exact) mass is 236 g/mol. The van der Waals surface area contributed by atoms with E-state index in [-0.39, 0.29) is 5.56 Å². The number of hydrogen-bond acceptors (Lipinski definition) is 3. The Labute approximate surface area is 100 Å². The SMILES string of the molecule is CCOc1cc(C(=O)O)cc(OC)c1C1CC1. The molecule has 1 aliphatic rings. The summed E-state index contributed by atoms with van der Waals surface area (Å²) in [5, 5.41) is 9.03. The van der Waals surface area contributed by atoms with E-state index in [1.54, 1.807) is 19.2 Å². The first-order valence-electron chi connectivity index (χ1n) is 5.75. The van der Waals surface area contributed by atoms with Gasteiger partial charge in [0.2, 0.25) is 0 Å². The van der Waals surface area contributed by atoms with Crippen molar-refractivity contribution in [1.82, 2.24) is 0 Å². The van der Waals surface area contributed by atoms with Gasteiger partial charge in [0.1, 0.15) is 11.5 Å². The third-order valence-corrected chi connectivity index (χ3v) is 2.86. The predicted molar refractivity (Wildman–Crippen MR) is 63.1 cm³/mol.